The summed E-state index contributed by atoms with van der Waals surface area (Å²) in [7, 11) is -8.46. The molecule has 0 spiro atoms. The zero-order chi connectivity index (χ0) is 39.3. The second-order valence-electron chi connectivity index (χ2n) is 15.8. The average molecular weight is 839 g/mol. The van der Waals surface area contributed by atoms with Crippen LogP contribution in [0.1, 0.15) is 70.9 Å². The fraction of sp³-hybridized carbons (Fsp3) is 0.341. The molecule has 12 heteroatoms. The Morgan fingerprint density at radius 2 is 1.45 bits per heavy atom. The van der Waals surface area contributed by atoms with Gasteiger partial charge < -0.3 is 9.45 Å². The summed E-state index contributed by atoms with van der Waals surface area (Å²) < 4.78 is 69.7. The van der Waals surface area contributed by atoms with Crippen LogP contribution in [-0.4, -0.2) is 60.8 Å². The third-order valence-corrected chi connectivity index (χ3v) is 13.5. The summed E-state index contributed by atoms with van der Waals surface area (Å²) in [5.41, 5.74) is 7.62. The number of halogens is 1. The van der Waals surface area contributed by atoms with E-state index in [-0.39, 0.29) is 70.0 Å². The summed E-state index contributed by atoms with van der Waals surface area (Å²) in [5.74, 6) is -0.752. The summed E-state index contributed by atoms with van der Waals surface area (Å²) in [5, 5.41) is 5.24. The van der Waals surface area contributed by atoms with Crippen LogP contribution < -0.4 is 56.3 Å². The van der Waals surface area contributed by atoms with Gasteiger partial charge in [0.1, 0.15) is 6.54 Å². The third-order valence-electron chi connectivity index (χ3n) is 11.4. The summed E-state index contributed by atoms with van der Waals surface area (Å²) in [4.78, 5) is 2.18. The van der Waals surface area contributed by atoms with E-state index in [9.17, 15) is 25.9 Å². The fourth-order valence-corrected chi connectivity index (χ4v) is 10.2. The van der Waals surface area contributed by atoms with Crippen molar-refractivity contribution in [1.29, 1.82) is 0 Å². The molecule has 1 N–H and O–H groups in total. The molecule has 1 aliphatic carbocycles. The molecule has 3 aliphatic rings. The fourth-order valence-electron chi connectivity index (χ4n) is 8.92. The zero-order valence-electron chi connectivity index (χ0n) is 32.7. The van der Waals surface area contributed by atoms with E-state index in [4.69, 9.17) is 11.6 Å². The van der Waals surface area contributed by atoms with Gasteiger partial charge in [-0.25, -0.2) is 8.42 Å². The van der Waals surface area contributed by atoms with Crippen LogP contribution >= 0.6 is 11.6 Å². The Bertz CT molecular complexity index is 2610. The molecule has 4 aromatic carbocycles. The van der Waals surface area contributed by atoms with Gasteiger partial charge >= 0.3 is 51.4 Å². The predicted octanol–water partition coefficient (Wildman–Crippen LogP) is 6.43. The zero-order valence-corrected chi connectivity index (χ0v) is 38.2. The van der Waals surface area contributed by atoms with Crippen molar-refractivity contribution in [2.24, 2.45) is 0 Å². The topological polar surface area (TPSA) is 118 Å². The second kappa shape index (κ2) is 16.7. The molecule has 56 heavy (non-hydrogen) atoms. The minimum absolute atomic E-state index is 0. The molecule has 0 saturated heterocycles. The minimum atomic E-state index is -4.35. The molecular formula is C44H47ClKN2O6S2+. The van der Waals surface area contributed by atoms with Crippen molar-refractivity contribution in [3.8, 4) is 0 Å². The van der Waals surface area contributed by atoms with Gasteiger partial charge in [-0.05, 0) is 96.0 Å². The van der Waals surface area contributed by atoms with Crippen molar-refractivity contribution >= 4 is 70.5 Å². The van der Waals surface area contributed by atoms with E-state index in [1.807, 2.05) is 24.3 Å². The number of benzene rings is 4. The monoisotopic (exact) mass is 837 g/mol. The number of hydrogen-bond donors (Lipinski definition) is 1. The van der Waals surface area contributed by atoms with Gasteiger partial charge in [0.25, 0.3) is 10.1 Å². The number of hydrogen-bond acceptors (Lipinski definition) is 6. The molecule has 0 radical (unpaired) electrons. The van der Waals surface area contributed by atoms with Crippen LogP contribution in [0.15, 0.2) is 119 Å². The van der Waals surface area contributed by atoms with Gasteiger partial charge in [0.2, 0.25) is 5.69 Å². The molecule has 2 aliphatic heterocycles. The van der Waals surface area contributed by atoms with Crippen LogP contribution in [0.3, 0.4) is 0 Å². The van der Waals surface area contributed by atoms with Crippen LogP contribution in [0.25, 0.3) is 21.5 Å². The van der Waals surface area contributed by atoms with Gasteiger partial charge in [0.05, 0.1) is 21.3 Å². The van der Waals surface area contributed by atoms with Crippen molar-refractivity contribution in [3.63, 3.8) is 0 Å². The van der Waals surface area contributed by atoms with E-state index in [1.165, 1.54) is 11.1 Å². The molecule has 0 amide bonds. The summed E-state index contributed by atoms with van der Waals surface area (Å²) in [6.07, 6.45) is 11.4. The Balaban J connectivity index is 0.00000532. The molecule has 8 nitrogen and oxygen atoms in total. The quantitative estimate of drug-likeness (QED) is 0.105. The van der Waals surface area contributed by atoms with Gasteiger partial charge in [0, 0.05) is 58.3 Å². The maximum Gasteiger partial charge on any atom is 1.00 e. The SMILES string of the molecule is CC1(C)C(/C=C/C2=C(Cl)C(=C/C=C3/N(CCCS(=O)(=O)O)c4ccc5ccccc5c4C3(C)C)/CCC2)=[N+](CCCS(=O)(=O)[O-])c2ccc3ccccc3c21.[K+]. The normalized spacial score (nSPS) is 19.4. The summed E-state index contributed by atoms with van der Waals surface area (Å²) >= 11 is 7.24. The Labute approximate surface area is 378 Å². The molecule has 0 fully saturated rings. The molecule has 7 rings (SSSR count). The molecule has 0 atom stereocenters. The molecule has 0 unspecified atom stereocenters. The van der Waals surface area contributed by atoms with E-state index < -0.39 is 36.8 Å². The minimum Gasteiger partial charge on any atom is -0.748 e. The van der Waals surface area contributed by atoms with Crippen LogP contribution in [0.2, 0.25) is 0 Å². The van der Waals surface area contributed by atoms with E-state index >= 15 is 0 Å². The summed E-state index contributed by atoms with van der Waals surface area (Å²) in [6, 6.07) is 24.9. The number of anilines is 1. The average Bonchev–Trinajstić information content (AvgIpc) is 3.47. The first kappa shape index (κ1) is 43.2. The van der Waals surface area contributed by atoms with Gasteiger partial charge in [-0.3, -0.25) is 4.55 Å². The van der Waals surface area contributed by atoms with Crippen molar-refractivity contribution in [1.82, 2.24) is 0 Å². The first-order valence-electron chi connectivity index (χ1n) is 18.8. The maximum absolute atomic E-state index is 11.7. The first-order chi connectivity index (χ1) is 26.0. The molecule has 2 heterocycles. The Morgan fingerprint density at radius 3 is 2.11 bits per heavy atom. The number of nitrogens with zero attached hydrogens (tertiary/aromatic N) is 2. The smallest absolute Gasteiger partial charge is 0.748 e. The van der Waals surface area contributed by atoms with E-state index in [1.54, 1.807) is 0 Å². The summed E-state index contributed by atoms with van der Waals surface area (Å²) in [6.45, 7) is 9.56. The van der Waals surface area contributed by atoms with E-state index in [0.29, 0.717) is 18.1 Å². The Hall–Kier alpha value is -2.42. The van der Waals surface area contributed by atoms with Crippen molar-refractivity contribution in [2.45, 2.75) is 70.6 Å². The molecule has 288 valence electrons. The first-order valence-corrected chi connectivity index (χ1v) is 22.4. The van der Waals surface area contributed by atoms with Gasteiger partial charge in [-0.15, -0.1) is 0 Å². The number of allylic oxidation sites excluding steroid dienone is 8. The predicted molar refractivity (Wildman–Crippen MR) is 223 cm³/mol. The van der Waals surface area contributed by atoms with E-state index in [0.717, 1.165) is 74.7 Å². The number of fused-ring (bicyclic) bond motifs is 6. The van der Waals surface area contributed by atoms with Crippen LogP contribution in [0.4, 0.5) is 11.4 Å². The van der Waals surface area contributed by atoms with Crippen LogP contribution in [0, 0.1) is 0 Å². The molecule has 0 aromatic heterocycles. The van der Waals surface area contributed by atoms with E-state index in [2.05, 4.69) is 110 Å². The Morgan fingerprint density at radius 1 is 0.804 bits per heavy atom. The molecule has 0 bridgehead atoms. The Kier molecular flexibility index (Phi) is 12.9. The maximum atomic E-state index is 11.7. The van der Waals surface area contributed by atoms with Crippen molar-refractivity contribution in [2.75, 3.05) is 29.5 Å². The molecular weight excluding hydrogens is 791 g/mol. The molecule has 4 aromatic rings. The van der Waals surface area contributed by atoms with Crippen molar-refractivity contribution in [3.05, 3.63) is 130 Å². The van der Waals surface area contributed by atoms with Gasteiger partial charge in [-0.2, -0.15) is 13.0 Å². The van der Waals surface area contributed by atoms with Crippen molar-refractivity contribution < 1.29 is 81.9 Å². The second-order valence-corrected chi connectivity index (χ2v) is 19.3. The largest absolute Gasteiger partial charge is 1.00 e. The standard InChI is InChI=1S/C44H47ClN2O6S2.K/c1-43(2)38(46(26-10-28-54(48,49)50)36-22-18-30-12-5-7-16-34(30)40(36)43)24-20-32-14-9-15-33(42(32)45)21-25-39-44(3,4)41-35-17-8-6-13-31(35)19-23-37(41)47(39)27-11-29-55(51,52)53;/h5-8,12-13,16-25H,9-11,14-15,26-29H2,1-4H3,(H-,48,49,50,51,52,53);/q;+1. The van der Waals surface area contributed by atoms with Crippen LogP contribution in [0.5, 0.6) is 0 Å². The van der Waals surface area contributed by atoms with Gasteiger partial charge in [-0.1, -0.05) is 92.2 Å². The van der Waals surface area contributed by atoms with Gasteiger partial charge in [0.15, 0.2) is 5.71 Å². The third kappa shape index (κ3) is 8.64. The molecule has 0 saturated carbocycles. The number of rotatable bonds is 11. The van der Waals surface area contributed by atoms with Crippen LogP contribution in [-0.2, 0) is 31.1 Å².